The van der Waals surface area contributed by atoms with Gasteiger partial charge < -0.3 is 20.3 Å². The monoisotopic (exact) mass is 423 g/mol. The normalized spacial score (nSPS) is 11.0. The number of nitrogens with zero attached hydrogens (tertiary/aromatic N) is 1. The maximum atomic E-state index is 13.3. The third kappa shape index (κ3) is 6.68. The van der Waals surface area contributed by atoms with Gasteiger partial charge in [0.1, 0.15) is 5.75 Å². The van der Waals surface area contributed by atoms with E-state index in [0.29, 0.717) is 5.69 Å². The molecule has 2 N–H and O–H groups in total. The lowest BCUT2D eigenvalue weighted by atomic mass is 10.1. The number of benzene rings is 2. The maximum Gasteiger partial charge on any atom is 0.418 e. The summed E-state index contributed by atoms with van der Waals surface area (Å²) in [5.74, 6) is -0.852. The first-order chi connectivity index (χ1) is 14.1. The van der Waals surface area contributed by atoms with Crippen LogP contribution in [0, 0.1) is 6.92 Å². The van der Waals surface area contributed by atoms with Crippen molar-refractivity contribution in [1.29, 1.82) is 0 Å². The predicted octanol–water partition coefficient (Wildman–Crippen LogP) is 3.92. The van der Waals surface area contributed by atoms with Crippen LogP contribution < -0.4 is 15.4 Å². The number of rotatable bonds is 8. The predicted molar refractivity (Wildman–Crippen MR) is 109 cm³/mol. The summed E-state index contributed by atoms with van der Waals surface area (Å²) < 4.78 is 45.0. The van der Waals surface area contributed by atoms with E-state index in [2.05, 4.69) is 10.6 Å². The molecule has 0 bridgehead atoms. The Morgan fingerprint density at radius 2 is 1.77 bits per heavy atom. The SMILES string of the molecule is CCOc1ccc(NCC(=O)N(C)CC(=O)Nc2ccc(C)cc2)c(C(F)(F)F)c1. The molecule has 2 aromatic carbocycles. The number of hydrogen-bond donors (Lipinski definition) is 2. The van der Waals surface area contributed by atoms with Crippen molar-refractivity contribution in [2.24, 2.45) is 0 Å². The first-order valence-corrected chi connectivity index (χ1v) is 9.28. The van der Waals surface area contributed by atoms with E-state index in [1.54, 1.807) is 19.1 Å². The van der Waals surface area contributed by atoms with Crippen LogP contribution in [0.15, 0.2) is 42.5 Å². The highest BCUT2D eigenvalue weighted by molar-refractivity contribution is 5.95. The van der Waals surface area contributed by atoms with Crippen molar-refractivity contribution in [3.63, 3.8) is 0 Å². The number of amides is 2. The van der Waals surface area contributed by atoms with Crippen molar-refractivity contribution in [1.82, 2.24) is 4.90 Å². The topological polar surface area (TPSA) is 70.7 Å². The molecule has 2 aromatic rings. The first kappa shape index (κ1) is 23.1. The van der Waals surface area contributed by atoms with Gasteiger partial charge in [0.2, 0.25) is 11.8 Å². The second-order valence-corrected chi connectivity index (χ2v) is 6.66. The Morgan fingerprint density at radius 1 is 1.10 bits per heavy atom. The molecule has 0 atom stereocenters. The summed E-state index contributed by atoms with van der Waals surface area (Å²) in [6.07, 6.45) is -4.61. The number of carbonyl (C=O) groups is 2. The second-order valence-electron chi connectivity index (χ2n) is 6.66. The molecule has 0 saturated carbocycles. The lowest BCUT2D eigenvalue weighted by molar-refractivity contribution is -0.137. The van der Waals surface area contributed by atoms with Crippen LogP contribution in [-0.2, 0) is 15.8 Å². The van der Waals surface area contributed by atoms with Gasteiger partial charge >= 0.3 is 6.18 Å². The van der Waals surface area contributed by atoms with E-state index in [1.807, 2.05) is 19.1 Å². The zero-order chi connectivity index (χ0) is 22.3. The van der Waals surface area contributed by atoms with Gasteiger partial charge in [-0.3, -0.25) is 9.59 Å². The van der Waals surface area contributed by atoms with Crippen LogP contribution in [0.5, 0.6) is 5.75 Å². The Kier molecular flexibility index (Phi) is 7.68. The molecular formula is C21H24F3N3O3. The van der Waals surface area contributed by atoms with Crippen LogP contribution >= 0.6 is 0 Å². The molecule has 0 radical (unpaired) electrons. The molecule has 2 amide bonds. The van der Waals surface area contributed by atoms with E-state index in [0.717, 1.165) is 16.5 Å². The molecule has 0 saturated heterocycles. The van der Waals surface area contributed by atoms with E-state index in [1.165, 1.54) is 19.2 Å². The fraction of sp³-hybridized carbons (Fsp3) is 0.333. The summed E-state index contributed by atoms with van der Waals surface area (Å²) in [4.78, 5) is 25.5. The standard InChI is InChI=1S/C21H24F3N3O3/c1-4-30-16-9-10-18(17(11-16)21(22,23)24)25-12-20(29)27(3)13-19(28)26-15-7-5-14(2)6-8-15/h5-11,25H,4,12-13H2,1-3H3,(H,26,28). The molecule has 0 aliphatic heterocycles. The van der Waals surface area contributed by atoms with E-state index in [4.69, 9.17) is 4.74 Å². The van der Waals surface area contributed by atoms with Crippen LogP contribution in [-0.4, -0.2) is 43.5 Å². The second kappa shape index (κ2) is 10.00. The van der Waals surface area contributed by atoms with Crippen molar-refractivity contribution in [2.45, 2.75) is 20.0 Å². The summed E-state index contributed by atoms with van der Waals surface area (Å²) in [6, 6.07) is 10.6. The van der Waals surface area contributed by atoms with E-state index in [9.17, 15) is 22.8 Å². The van der Waals surface area contributed by atoms with Gasteiger partial charge in [-0.15, -0.1) is 0 Å². The Bertz CT molecular complexity index is 883. The van der Waals surface area contributed by atoms with Crippen LogP contribution in [0.25, 0.3) is 0 Å². The van der Waals surface area contributed by atoms with Gasteiger partial charge in [-0.1, -0.05) is 17.7 Å². The highest BCUT2D eigenvalue weighted by Gasteiger charge is 2.34. The molecule has 0 spiro atoms. The number of anilines is 2. The Balaban J connectivity index is 1.95. The minimum Gasteiger partial charge on any atom is -0.494 e. The molecule has 30 heavy (non-hydrogen) atoms. The molecular weight excluding hydrogens is 399 g/mol. The number of likely N-dealkylation sites (N-methyl/N-ethyl adjacent to an activating group) is 1. The maximum absolute atomic E-state index is 13.3. The molecule has 162 valence electrons. The van der Waals surface area contributed by atoms with Crippen molar-refractivity contribution < 1.29 is 27.5 Å². The van der Waals surface area contributed by atoms with E-state index < -0.39 is 30.1 Å². The quantitative estimate of drug-likeness (QED) is 0.675. The summed E-state index contributed by atoms with van der Waals surface area (Å²) in [6.45, 7) is 3.19. The molecule has 0 heterocycles. The van der Waals surface area contributed by atoms with Crippen molar-refractivity contribution in [3.05, 3.63) is 53.6 Å². The number of ether oxygens (including phenoxy) is 1. The molecule has 2 rings (SSSR count). The summed E-state index contributed by atoms with van der Waals surface area (Å²) in [7, 11) is 1.40. The van der Waals surface area contributed by atoms with Crippen LogP contribution in [0.3, 0.4) is 0 Å². The molecule has 6 nitrogen and oxygen atoms in total. The lowest BCUT2D eigenvalue weighted by Gasteiger charge is -2.19. The molecule has 0 unspecified atom stereocenters. The molecule has 0 aliphatic rings. The van der Waals surface area contributed by atoms with Gasteiger partial charge in [-0.25, -0.2) is 0 Å². The third-order valence-corrected chi connectivity index (χ3v) is 4.18. The molecule has 0 fully saturated rings. The largest absolute Gasteiger partial charge is 0.494 e. The Morgan fingerprint density at radius 3 is 2.37 bits per heavy atom. The van der Waals surface area contributed by atoms with Crippen molar-refractivity contribution in [2.75, 3.05) is 37.4 Å². The fourth-order valence-electron chi connectivity index (χ4n) is 2.62. The van der Waals surface area contributed by atoms with E-state index in [-0.39, 0.29) is 24.6 Å². The van der Waals surface area contributed by atoms with Crippen LogP contribution in [0.1, 0.15) is 18.1 Å². The number of aryl methyl sites for hydroxylation is 1. The zero-order valence-electron chi connectivity index (χ0n) is 17.0. The van der Waals surface area contributed by atoms with E-state index >= 15 is 0 Å². The average Bonchev–Trinajstić information content (AvgIpc) is 2.67. The number of alkyl halides is 3. The number of hydrogen-bond acceptors (Lipinski definition) is 4. The van der Waals surface area contributed by atoms with Crippen molar-refractivity contribution >= 4 is 23.2 Å². The highest BCUT2D eigenvalue weighted by atomic mass is 19.4. The molecule has 0 aliphatic carbocycles. The lowest BCUT2D eigenvalue weighted by Crippen LogP contribution is -2.38. The van der Waals surface area contributed by atoms with Gasteiger partial charge in [-0.2, -0.15) is 13.2 Å². The third-order valence-electron chi connectivity index (χ3n) is 4.18. The van der Waals surface area contributed by atoms with Crippen molar-refractivity contribution in [3.8, 4) is 5.75 Å². The summed E-state index contributed by atoms with van der Waals surface area (Å²) >= 11 is 0. The molecule has 9 heteroatoms. The number of carbonyl (C=O) groups excluding carboxylic acids is 2. The average molecular weight is 423 g/mol. The van der Waals surface area contributed by atoms with Crippen LogP contribution in [0.4, 0.5) is 24.5 Å². The fourth-order valence-corrected chi connectivity index (χ4v) is 2.62. The van der Waals surface area contributed by atoms with Gasteiger partial charge in [0.15, 0.2) is 0 Å². The van der Waals surface area contributed by atoms with Gasteiger partial charge in [0.05, 0.1) is 25.3 Å². The first-order valence-electron chi connectivity index (χ1n) is 9.28. The van der Waals surface area contributed by atoms with Gasteiger partial charge in [0.25, 0.3) is 0 Å². The zero-order valence-corrected chi connectivity index (χ0v) is 17.0. The van der Waals surface area contributed by atoms with Gasteiger partial charge in [0, 0.05) is 18.4 Å². The smallest absolute Gasteiger partial charge is 0.418 e. The summed E-state index contributed by atoms with van der Waals surface area (Å²) in [5.41, 5.74) is 0.463. The highest BCUT2D eigenvalue weighted by Crippen LogP contribution is 2.37. The molecule has 0 aromatic heterocycles. The Hall–Kier alpha value is -3.23. The number of halogens is 3. The Labute approximate surface area is 173 Å². The van der Waals surface area contributed by atoms with Crippen LogP contribution in [0.2, 0.25) is 0 Å². The minimum atomic E-state index is -4.61. The van der Waals surface area contributed by atoms with Gasteiger partial charge in [-0.05, 0) is 44.2 Å². The minimum absolute atomic E-state index is 0.0894. The summed E-state index contributed by atoms with van der Waals surface area (Å²) in [5, 5.41) is 5.16. The number of nitrogens with one attached hydrogen (secondary N) is 2.